The van der Waals surface area contributed by atoms with Crippen LogP contribution >= 0.6 is 0 Å². The van der Waals surface area contributed by atoms with E-state index in [1.165, 1.54) is 16.7 Å². The van der Waals surface area contributed by atoms with Gasteiger partial charge in [-0.05, 0) is 0 Å². The fraction of sp³-hybridized carbons (Fsp3) is 0. The Balaban J connectivity index is 0.000000107. The molecule has 12 aliphatic heterocycles. The number of hydrogen-bond acceptors (Lipinski definition) is 18. The molecule has 0 saturated carbocycles. The van der Waals surface area contributed by atoms with Gasteiger partial charge in [0.25, 0.3) is 0 Å². The van der Waals surface area contributed by atoms with Gasteiger partial charge >= 0.3 is 831 Å². The fourth-order valence-electron chi connectivity index (χ4n) is 19.1. The number of benzene rings is 12. The third kappa shape index (κ3) is 12.5. The summed E-state index contributed by atoms with van der Waals surface area (Å²) in [5.41, 5.74) is -4.28. The molecule has 12 aliphatic rings. The topological polar surface area (TPSA) is 252 Å². The molecule has 12 aromatic carbocycles. The molecule has 0 aliphatic carbocycles. The van der Waals surface area contributed by atoms with Crippen LogP contribution in [0.5, 0.6) is 0 Å². The molecular formula is C96H24F24N24Sn3. The Morgan fingerprint density at radius 1 is 0.136 bits per heavy atom. The monoisotopic (exact) mass is 2330 g/mol. The first-order valence-electron chi connectivity index (χ1n) is 42.5. The average molecular weight is 2330 g/mol. The quantitative estimate of drug-likeness (QED) is 0.101. The number of fused-ring (bicyclic) bond motifs is 42. The molecule has 0 fully saturated rings. The maximum absolute atomic E-state index is 15.9. The van der Waals surface area contributed by atoms with E-state index in [4.69, 9.17) is 0 Å². The Bertz CT molecular complexity index is 10000. The predicted octanol–water partition coefficient (Wildman–Crippen LogP) is 16.7. The molecule has 18 heterocycles. The van der Waals surface area contributed by atoms with E-state index in [0.29, 0.717) is 0 Å². The van der Waals surface area contributed by atoms with Gasteiger partial charge in [-0.3, -0.25) is 0 Å². The van der Waals surface area contributed by atoms with Crippen molar-refractivity contribution in [2.75, 3.05) is 0 Å². The van der Waals surface area contributed by atoms with E-state index < -0.39 is 272 Å². The third-order valence-electron chi connectivity index (χ3n) is 25.5. The van der Waals surface area contributed by atoms with Crippen molar-refractivity contribution in [3.05, 3.63) is 385 Å². The summed E-state index contributed by atoms with van der Waals surface area (Å²) in [6, 6.07) is 20.4. The number of amidine groups is 12. The Labute approximate surface area is 825 Å². The number of halogens is 24. The molecule has 708 valence electrons. The van der Waals surface area contributed by atoms with Gasteiger partial charge in [0.15, 0.2) is 0 Å². The van der Waals surface area contributed by atoms with Crippen LogP contribution in [0.1, 0.15) is 66.8 Å². The fourth-order valence-corrected chi connectivity index (χ4v) is 29.8. The van der Waals surface area contributed by atoms with E-state index in [0.717, 1.165) is 146 Å². The minimum absolute atomic E-state index is 0.0160. The Morgan fingerprint density at radius 3 is 0.551 bits per heavy atom. The van der Waals surface area contributed by atoms with Gasteiger partial charge in [-0.2, -0.15) is 0 Å². The van der Waals surface area contributed by atoms with Crippen LogP contribution in [0.15, 0.2) is 235 Å². The number of nitrogens with zero attached hydrogens (tertiary/aromatic N) is 24. The summed E-state index contributed by atoms with van der Waals surface area (Å²) >= 11 is -8.25. The molecule has 30 rings (SSSR count). The maximum atomic E-state index is 15.9. The summed E-state index contributed by atoms with van der Waals surface area (Å²) in [5, 5.41) is -1.83. The van der Waals surface area contributed by atoms with Crippen LogP contribution < -0.4 is 32.9 Å². The van der Waals surface area contributed by atoms with E-state index in [1.807, 2.05) is 0 Å². The van der Waals surface area contributed by atoms with Crippen molar-refractivity contribution in [1.29, 1.82) is 0 Å². The van der Waals surface area contributed by atoms with Crippen LogP contribution in [0.4, 0.5) is 140 Å². The van der Waals surface area contributed by atoms with Crippen molar-refractivity contribution in [3.63, 3.8) is 0 Å². The summed E-state index contributed by atoms with van der Waals surface area (Å²) in [7, 11) is 0. The third-order valence-corrected chi connectivity index (χ3v) is 36.2. The zero-order valence-corrected chi connectivity index (χ0v) is 79.7. The molecule has 0 saturated heterocycles. The van der Waals surface area contributed by atoms with Gasteiger partial charge in [0.2, 0.25) is 0 Å². The first-order chi connectivity index (χ1) is 70.7. The van der Waals surface area contributed by atoms with Gasteiger partial charge in [-0.25, -0.2) is 0 Å². The number of aromatic nitrogens is 6. The van der Waals surface area contributed by atoms with Crippen molar-refractivity contribution < 1.29 is 105 Å². The van der Waals surface area contributed by atoms with Crippen molar-refractivity contribution in [2.45, 2.75) is 0 Å². The van der Waals surface area contributed by atoms with E-state index in [2.05, 4.69) is 89.9 Å². The number of rotatable bonds is 0. The summed E-state index contributed by atoms with van der Waals surface area (Å²) in [4.78, 5) is 80.6. The summed E-state index contributed by atoms with van der Waals surface area (Å²) in [5.74, 6) is -31.5. The molecule has 6 aromatic heterocycles. The molecule has 18 aromatic rings. The number of aliphatic imine (C=N–C) groups is 12. The zero-order valence-electron chi connectivity index (χ0n) is 71.2. The molecule has 0 N–H and O–H groups in total. The molecule has 6 radical (unpaired) electrons. The van der Waals surface area contributed by atoms with Crippen LogP contribution in [-0.2, 0) is 0 Å². The van der Waals surface area contributed by atoms with Gasteiger partial charge in [-0.1, -0.05) is 0 Å². The Kier molecular flexibility index (Phi) is 18.6. The minimum atomic E-state index is -2.91. The summed E-state index contributed by atoms with van der Waals surface area (Å²) in [6.07, 6.45) is 0. The van der Waals surface area contributed by atoms with E-state index in [9.17, 15) is 52.7 Å². The average Bonchev–Trinajstić information content (AvgIpc) is 1.55. The first-order valence-corrected chi connectivity index (χ1v) is 50.2. The first kappa shape index (κ1) is 88.2. The molecule has 0 amide bonds. The van der Waals surface area contributed by atoms with Gasteiger partial charge < -0.3 is 0 Å². The number of hydrogen-bond donors (Lipinski definition) is 0. The second-order valence-electron chi connectivity index (χ2n) is 33.6. The molecule has 0 spiro atoms. The normalized spacial score (nSPS) is 15.3. The molecule has 51 heteroatoms. The van der Waals surface area contributed by atoms with Crippen molar-refractivity contribution in [2.24, 2.45) is 89.9 Å². The van der Waals surface area contributed by atoms with Crippen LogP contribution in [0.25, 0.3) is 64.6 Å². The van der Waals surface area contributed by atoms with Crippen molar-refractivity contribution in [1.82, 2.24) is 16.7 Å². The standard InChI is InChI=1S/3C32H8F8N8.3Sn/c33-17-1-9-10(2-18(17)34)26-41-25(9)45-27-11-3-19(35)20(36)4-12(11)29(42-27)47-31-15-7-23(39)24(40)8-16(15)32(44-31)48-30-14-6-22(38)21(37)5-13(14)28(43-30)46-26;33-13-1-2-14(34)22-21(13)29-43-25-9-5-17(37)18(38)6-10(9)27(41-25)45-31-23-15(35)3-4-16(36)24(23)32(48-31)46-28-12-8-20(40)19(39)7-11(12)26(42-28)44-30(22)47-29;33-9-1-2-10(34)18-17(9)25-41-26(18)46-28-21-13(37)5-6-14(38)22(21)30(43-28)48-32-24-16(40)8-7-15(39)23(24)31(44-32)47-29-20-12(36)4-3-11(35)19(20)27(42-29)45-25;;;/h3*1-8H;;;/q3*-2;3*+2. The summed E-state index contributed by atoms with van der Waals surface area (Å²) < 4.78 is 373. The molecule has 0 unspecified atom stereocenters. The molecule has 147 heavy (non-hydrogen) atoms. The summed E-state index contributed by atoms with van der Waals surface area (Å²) in [6.45, 7) is 0. The molecule has 24 nitrogen and oxygen atoms in total. The van der Waals surface area contributed by atoms with Gasteiger partial charge in [0, 0.05) is 0 Å². The molecule has 18 bridgehead atoms. The second kappa shape index (κ2) is 31.0. The Morgan fingerprint density at radius 2 is 0.299 bits per heavy atom. The molecular weight excluding hydrogens is 2300 g/mol. The van der Waals surface area contributed by atoms with E-state index in [1.54, 1.807) is 0 Å². The SMILES string of the molecule is Fc1cc2c(cc1F)C1=Nc3c4cc(F)c(F)cc4c4[n]3[Sn][n]3c(c5cc(F)c(F)cc5c3=NC3=NC(=N4)c4cc(F)c(F)cc43)=NC2=N1.Fc1cc2c3[n]4c(c2cc1F)N=C1N=C(N=c2c5cc(F)c(F)cc5c([n]2[Sn]4)=NC2=NC(=N3)c3c(F)ccc(F)c32)c2c(F)ccc(F)c21.Fc1ccc(F)c2c1C1=NC2=Nc2c3c(F)ccc(F)c3c3[n]2[Sn][n]2c(c4c(F)ccc(F)c4c2=NC2=NC(=N3)c3c(F)ccc(F)c32)=N1. The zero-order chi connectivity index (χ0) is 101. The van der Waals surface area contributed by atoms with E-state index >= 15 is 52.7 Å². The van der Waals surface area contributed by atoms with Gasteiger partial charge in [0.05, 0.1) is 0 Å². The van der Waals surface area contributed by atoms with Crippen LogP contribution in [0.3, 0.4) is 0 Å². The Hall–Kier alpha value is -16.6. The van der Waals surface area contributed by atoms with Crippen molar-refractivity contribution in [3.8, 4) is 0 Å². The van der Waals surface area contributed by atoms with Crippen LogP contribution in [0.2, 0.25) is 0 Å². The van der Waals surface area contributed by atoms with Crippen LogP contribution in [0, 0.1) is 140 Å². The van der Waals surface area contributed by atoms with Crippen molar-refractivity contribution >= 4 is 235 Å². The van der Waals surface area contributed by atoms with Crippen LogP contribution in [-0.4, -0.2) is 152 Å². The van der Waals surface area contributed by atoms with E-state index in [-0.39, 0.29) is 202 Å². The molecule has 0 atom stereocenters. The predicted molar refractivity (Wildman–Crippen MR) is 482 cm³/mol. The van der Waals surface area contributed by atoms with Gasteiger partial charge in [0.1, 0.15) is 0 Å². The van der Waals surface area contributed by atoms with Gasteiger partial charge in [-0.15, -0.1) is 0 Å². The second-order valence-corrected chi connectivity index (χ2v) is 43.0.